The number of hydrogen-bond acceptors (Lipinski definition) is 4. The van der Waals surface area contributed by atoms with Gasteiger partial charge in [-0.15, -0.1) is 0 Å². The number of benzene rings is 3. The van der Waals surface area contributed by atoms with Crippen LogP contribution < -0.4 is 4.31 Å². The average molecular weight is 474 g/mol. The average Bonchev–Trinajstić information content (AvgIpc) is 2.74. The van der Waals surface area contributed by atoms with Crippen LogP contribution in [0.2, 0.25) is 0 Å². The molecular formula is C22H20BrNO4S. The summed E-state index contributed by atoms with van der Waals surface area (Å²) in [7, 11) is -3.73. The molecule has 5 nitrogen and oxygen atoms in total. The van der Waals surface area contributed by atoms with Gasteiger partial charge in [0.15, 0.2) is 0 Å². The SMILES string of the molecule is CCN(c1ccccc1)S(=O)(=O)c1ccc(C(=O)OCc2ccc(Br)cc2)cc1. The number of esters is 1. The van der Waals surface area contributed by atoms with Crippen molar-refractivity contribution in [2.75, 3.05) is 10.8 Å². The molecular weight excluding hydrogens is 454 g/mol. The van der Waals surface area contributed by atoms with Crippen LogP contribution in [-0.2, 0) is 21.4 Å². The normalized spacial score (nSPS) is 11.1. The Kier molecular flexibility index (Phi) is 6.71. The third-order valence-electron chi connectivity index (χ3n) is 4.29. The first-order chi connectivity index (χ1) is 13.9. The zero-order chi connectivity index (χ0) is 20.9. The van der Waals surface area contributed by atoms with E-state index in [1.807, 2.05) is 30.3 Å². The topological polar surface area (TPSA) is 63.7 Å². The van der Waals surface area contributed by atoms with Gasteiger partial charge in [-0.2, -0.15) is 0 Å². The van der Waals surface area contributed by atoms with Gasteiger partial charge in [0, 0.05) is 11.0 Å². The molecule has 0 atom stereocenters. The third-order valence-corrected chi connectivity index (χ3v) is 6.74. The first-order valence-electron chi connectivity index (χ1n) is 9.01. The van der Waals surface area contributed by atoms with Gasteiger partial charge in [-0.1, -0.05) is 46.3 Å². The minimum absolute atomic E-state index is 0.118. The lowest BCUT2D eigenvalue weighted by Gasteiger charge is -2.22. The van der Waals surface area contributed by atoms with E-state index in [4.69, 9.17) is 4.74 Å². The molecule has 0 amide bonds. The predicted octanol–water partition coefficient (Wildman–Crippen LogP) is 5.02. The fourth-order valence-electron chi connectivity index (χ4n) is 2.79. The number of carbonyl (C=O) groups is 1. The number of para-hydroxylation sites is 1. The van der Waals surface area contributed by atoms with E-state index < -0.39 is 16.0 Å². The molecule has 3 aromatic rings. The van der Waals surface area contributed by atoms with E-state index in [0.29, 0.717) is 17.8 Å². The molecule has 0 N–H and O–H groups in total. The smallest absolute Gasteiger partial charge is 0.338 e. The van der Waals surface area contributed by atoms with Crippen molar-refractivity contribution >= 4 is 37.6 Å². The summed E-state index contributed by atoms with van der Waals surface area (Å²) in [6.45, 7) is 2.21. The van der Waals surface area contributed by atoms with Crippen molar-refractivity contribution in [3.8, 4) is 0 Å². The first-order valence-corrected chi connectivity index (χ1v) is 11.2. The quantitative estimate of drug-likeness (QED) is 0.451. The molecule has 3 aromatic carbocycles. The highest BCUT2D eigenvalue weighted by molar-refractivity contribution is 9.10. The summed E-state index contributed by atoms with van der Waals surface area (Å²) >= 11 is 3.35. The Hall–Kier alpha value is -2.64. The zero-order valence-electron chi connectivity index (χ0n) is 15.8. The molecule has 0 aliphatic rings. The number of sulfonamides is 1. The van der Waals surface area contributed by atoms with Crippen LogP contribution >= 0.6 is 15.9 Å². The minimum atomic E-state index is -3.73. The molecule has 0 heterocycles. The molecule has 29 heavy (non-hydrogen) atoms. The molecule has 7 heteroatoms. The second-order valence-electron chi connectivity index (χ2n) is 6.23. The Morgan fingerprint density at radius 2 is 1.55 bits per heavy atom. The van der Waals surface area contributed by atoms with Crippen LogP contribution in [0, 0.1) is 0 Å². The maximum atomic E-state index is 13.0. The van der Waals surface area contributed by atoms with Crippen LogP contribution in [0.5, 0.6) is 0 Å². The number of ether oxygens (including phenoxy) is 1. The highest BCUT2D eigenvalue weighted by Gasteiger charge is 2.23. The van der Waals surface area contributed by atoms with E-state index in [-0.39, 0.29) is 11.5 Å². The Morgan fingerprint density at radius 1 is 0.931 bits per heavy atom. The summed E-state index contributed by atoms with van der Waals surface area (Å²) in [5.74, 6) is -0.507. The van der Waals surface area contributed by atoms with Crippen LogP contribution in [0.1, 0.15) is 22.8 Å². The van der Waals surface area contributed by atoms with Gasteiger partial charge >= 0.3 is 5.97 Å². The van der Waals surface area contributed by atoms with E-state index in [9.17, 15) is 13.2 Å². The van der Waals surface area contributed by atoms with E-state index in [1.165, 1.54) is 28.6 Å². The first kappa shape index (κ1) is 21.1. The van der Waals surface area contributed by atoms with Crippen molar-refractivity contribution in [1.29, 1.82) is 0 Å². The van der Waals surface area contributed by atoms with Crippen molar-refractivity contribution in [2.24, 2.45) is 0 Å². The molecule has 0 bridgehead atoms. The second-order valence-corrected chi connectivity index (χ2v) is 9.01. The fourth-order valence-corrected chi connectivity index (χ4v) is 4.53. The van der Waals surface area contributed by atoms with E-state index in [2.05, 4.69) is 15.9 Å². The van der Waals surface area contributed by atoms with Crippen LogP contribution in [0.15, 0.2) is 88.2 Å². The number of carbonyl (C=O) groups excluding carboxylic acids is 1. The number of hydrogen-bond donors (Lipinski definition) is 0. The molecule has 0 saturated heterocycles. The molecule has 0 aliphatic heterocycles. The monoisotopic (exact) mass is 473 g/mol. The van der Waals surface area contributed by atoms with Crippen molar-refractivity contribution < 1.29 is 17.9 Å². The highest BCUT2D eigenvalue weighted by Crippen LogP contribution is 2.23. The summed E-state index contributed by atoms with van der Waals surface area (Å²) in [6, 6.07) is 22.1. The van der Waals surface area contributed by atoms with Gasteiger partial charge in [-0.05, 0) is 61.0 Å². The molecule has 0 fully saturated rings. The number of rotatable bonds is 7. The number of nitrogens with zero attached hydrogens (tertiary/aromatic N) is 1. The van der Waals surface area contributed by atoms with Crippen molar-refractivity contribution in [1.82, 2.24) is 0 Å². The highest BCUT2D eigenvalue weighted by atomic mass is 79.9. The minimum Gasteiger partial charge on any atom is -0.457 e. The summed E-state index contributed by atoms with van der Waals surface area (Å²) in [6.07, 6.45) is 0. The van der Waals surface area contributed by atoms with Gasteiger partial charge in [-0.3, -0.25) is 4.31 Å². The van der Waals surface area contributed by atoms with Gasteiger partial charge in [0.2, 0.25) is 0 Å². The van der Waals surface area contributed by atoms with Crippen molar-refractivity contribution in [2.45, 2.75) is 18.4 Å². The van der Waals surface area contributed by atoms with E-state index in [1.54, 1.807) is 31.2 Å². The molecule has 0 radical (unpaired) electrons. The van der Waals surface area contributed by atoms with Gasteiger partial charge < -0.3 is 4.74 Å². The number of halogens is 1. The van der Waals surface area contributed by atoms with Gasteiger partial charge in [0.1, 0.15) is 6.61 Å². The zero-order valence-corrected chi connectivity index (χ0v) is 18.2. The number of anilines is 1. The van der Waals surface area contributed by atoms with Crippen molar-refractivity contribution in [3.63, 3.8) is 0 Å². The van der Waals surface area contributed by atoms with Crippen LogP contribution in [-0.4, -0.2) is 20.9 Å². The molecule has 0 aliphatic carbocycles. The lowest BCUT2D eigenvalue weighted by atomic mass is 10.2. The Bertz CT molecular complexity index is 1070. The lowest BCUT2D eigenvalue weighted by molar-refractivity contribution is 0.0472. The van der Waals surface area contributed by atoms with E-state index in [0.717, 1.165) is 10.0 Å². The summed E-state index contributed by atoms with van der Waals surface area (Å²) in [5.41, 5.74) is 1.75. The summed E-state index contributed by atoms with van der Waals surface area (Å²) in [5, 5.41) is 0. The van der Waals surface area contributed by atoms with E-state index >= 15 is 0 Å². The third kappa shape index (κ3) is 5.05. The largest absolute Gasteiger partial charge is 0.457 e. The molecule has 3 rings (SSSR count). The molecule has 0 spiro atoms. The van der Waals surface area contributed by atoms with Gasteiger partial charge in [0.25, 0.3) is 10.0 Å². The Morgan fingerprint density at radius 3 is 2.14 bits per heavy atom. The van der Waals surface area contributed by atoms with Crippen LogP contribution in [0.4, 0.5) is 5.69 Å². The second kappa shape index (κ2) is 9.24. The molecule has 0 saturated carbocycles. The molecule has 0 aromatic heterocycles. The Balaban J connectivity index is 1.73. The van der Waals surface area contributed by atoms with Crippen LogP contribution in [0.25, 0.3) is 0 Å². The maximum Gasteiger partial charge on any atom is 0.338 e. The molecule has 0 unspecified atom stereocenters. The summed E-state index contributed by atoms with van der Waals surface area (Å²) in [4.78, 5) is 12.4. The predicted molar refractivity (Wildman–Crippen MR) is 116 cm³/mol. The van der Waals surface area contributed by atoms with Gasteiger partial charge in [0.05, 0.1) is 16.1 Å². The summed E-state index contributed by atoms with van der Waals surface area (Å²) < 4.78 is 33.6. The lowest BCUT2D eigenvalue weighted by Crippen LogP contribution is -2.30. The maximum absolute atomic E-state index is 13.0. The fraction of sp³-hybridized carbons (Fsp3) is 0.136. The van der Waals surface area contributed by atoms with Crippen LogP contribution in [0.3, 0.4) is 0 Å². The Labute approximate surface area is 179 Å². The molecule has 150 valence electrons. The van der Waals surface area contributed by atoms with Crippen molar-refractivity contribution in [3.05, 3.63) is 94.5 Å². The van der Waals surface area contributed by atoms with Gasteiger partial charge in [-0.25, -0.2) is 13.2 Å². The standard InChI is InChI=1S/C22H20BrNO4S/c1-2-24(20-6-4-3-5-7-20)29(26,27)21-14-10-18(11-15-21)22(25)28-16-17-8-12-19(23)13-9-17/h3-15H,2,16H2,1H3.